The Labute approximate surface area is 154 Å². The van der Waals surface area contributed by atoms with E-state index in [0.717, 1.165) is 47.1 Å². The van der Waals surface area contributed by atoms with Crippen LogP contribution in [0.1, 0.15) is 26.8 Å². The number of nitrogens with zero attached hydrogens (tertiary/aromatic N) is 1. The molecule has 1 atom stereocenters. The van der Waals surface area contributed by atoms with Gasteiger partial charge >= 0.3 is 0 Å². The van der Waals surface area contributed by atoms with E-state index in [9.17, 15) is 4.79 Å². The van der Waals surface area contributed by atoms with Crippen LogP contribution < -0.4 is 5.32 Å². The van der Waals surface area contributed by atoms with Crippen LogP contribution in [-0.2, 0) is 4.74 Å². The van der Waals surface area contributed by atoms with Gasteiger partial charge in [0, 0.05) is 19.6 Å². The van der Waals surface area contributed by atoms with Gasteiger partial charge in [-0.15, -0.1) is 11.3 Å². The second kappa shape index (κ2) is 8.25. The van der Waals surface area contributed by atoms with Gasteiger partial charge in [-0.3, -0.25) is 9.69 Å². The summed E-state index contributed by atoms with van der Waals surface area (Å²) in [4.78, 5) is 15.7. The number of rotatable bonds is 5. The third-order valence-electron chi connectivity index (χ3n) is 4.13. The second-order valence-electron chi connectivity index (χ2n) is 5.95. The van der Waals surface area contributed by atoms with Gasteiger partial charge in [-0.1, -0.05) is 29.8 Å². The number of aryl methyl sites for hydroxylation is 1. The van der Waals surface area contributed by atoms with Crippen LogP contribution in [0.3, 0.4) is 0 Å². The van der Waals surface area contributed by atoms with E-state index in [4.69, 9.17) is 4.74 Å². The minimum Gasteiger partial charge on any atom is -0.379 e. The number of hydrogen-bond donors (Lipinski definition) is 1. The third-order valence-corrected chi connectivity index (χ3v) is 5.75. The Morgan fingerprint density at radius 1 is 1.25 bits per heavy atom. The Bertz CT molecular complexity index is 681. The first kappa shape index (κ1) is 17.6. The number of carbonyl (C=O) groups is 1. The molecule has 1 fully saturated rings. The number of thiophene rings is 1. The van der Waals surface area contributed by atoms with Crippen molar-refractivity contribution in [1.82, 2.24) is 10.2 Å². The van der Waals surface area contributed by atoms with Crippen molar-refractivity contribution in [3.8, 4) is 0 Å². The van der Waals surface area contributed by atoms with Crippen molar-refractivity contribution < 1.29 is 9.53 Å². The number of benzene rings is 1. The second-order valence-corrected chi connectivity index (χ2v) is 8.42. The van der Waals surface area contributed by atoms with Gasteiger partial charge in [0.25, 0.3) is 5.91 Å². The molecule has 2 aromatic rings. The van der Waals surface area contributed by atoms with E-state index in [1.807, 2.05) is 12.1 Å². The number of ether oxygens (including phenoxy) is 1. The van der Waals surface area contributed by atoms with Crippen molar-refractivity contribution in [2.45, 2.75) is 13.0 Å². The molecular formula is C18H21BrN2O2S. The zero-order valence-electron chi connectivity index (χ0n) is 13.6. The summed E-state index contributed by atoms with van der Waals surface area (Å²) in [6.07, 6.45) is 0. The van der Waals surface area contributed by atoms with Gasteiger partial charge in [-0.05, 0) is 40.5 Å². The summed E-state index contributed by atoms with van der Waals surface area (Å²) in [6.45, 7) is 6.19. The largest absolute Gasteiger partial charge is 0.379 e. The molecule has 1 aliphatic rings. The zero-order chi connectivity index (χ0) is 16.9. The van der Waals surface area contributed by atoms with Crippen LogP contribution in [0.4, 0.5) is 0 Å². The van der Waals surface area contributed by atoms with Gasteiger partial charge in [-0.25, -0.2) is 0 Å². The third kappa shape index (κ3) is 4.66. The molecule has 1 aromatic heterocycles. The number of morpholine rings is 1. The molecule has 0 unspecified atom stereocenters. The Kier molecular flexibility index (Phi) is 6.05. The molecule has 0 radical (unpaired) electrons. The highest BCUT2D eigenvalue weighted by Crippen LogP contribution is 2.23. The molecule has 2 heterocycles. The van der Waals surface area contributed by atoms with Crippen molar-refractivity contribution >= 4 is 33.2 Å². The normalized spacial score (nSPS) is 16.8. The van der Waals surface area contributed by atoms with E-state index >= 15 is 0 Å². The quantitative estimate of drug-likeness (QED) is 0.820. The van der Waals surface area contributed by atoms with Crippen molar-refractivity contribution in [2.24, 2.45) is 0 Å². The summed E-state index contributed by atoms with van der Waals surface area (Å²) in [6, 6.07) is 12.1. The summed E-state index contributed by atoms with van der Waals surface area (Å²) in [5.74, 6) is -0.0236. The lowest BCUT2D eigenvalue weighted by Gasteiger charge is -2.31. The Hall–Kier alpha value is -1.21. The standard InChI is InChI=1S/C18H21BrN2O2S/c1-13-2-4-14(5-3-13)15(12-21-8-10-23-11-9-21)20-18(22)16-6-7-17(19)24-16/h2-7,15H,8-12H2,1H3,(H,20,22)/t15-/m0/s1. The fourth-order valence-electron chi connectivity index (χ4n) is 2.74. The molecule has 1 amide bonds. The van der Waals surface area contributed by atoms with E-state index < -0.39 is 0 Å². The first-order valence-corrected chi connectivity index (χ1v) is 9.65. The SMILES string of the molecule is Cc1ccc([C@H](CN2CCOCC2)NC(=O)c2ccc(Br)s2)cc1. The van der Waals surface area contributed by atoms with Gasteiger partial charge in [0.15, 0.2) is 0 Å². The lowest BCUT2D eigenvalue weighted by atomic mass is 10.0. The van der Waals surface area contributed by atoms with Gasteiger partial charge in [0.05, 0.1) is 27.9 Å². The van der Waals surface area contributed by atoms with Gasteiger partial charge in [-0.2, -0.15) is 0 Å². The molecule has 1 aliphatic heterocycles. The average molecular weight is 409 g/mol. The first-order chi connectivity index (χ1) is 11.6. The molecule has 3 rings (SSSR count). The number of carbonyl (C=O) groups excluding carboxylic acids is 1. The van der Waals surface area contributed by atoms with Crippen LogP contribution in [-0.4, -0.2) is 43.7 Å². The van der Waals surface area contributed by atoms with Gasteiger partial charge in [0.2, 0.25) is 0 Å². The summed E-state index contributed by atoms with van der Waals surface area (Å²) >= 11 is 4.87. The van der Waals surface area contributed by atoms with Crippen molar-refractivity contribution in [3.05, 3.63) is 56.2 Å². The van der Waals surface area contributed by atoms with Crippen LogP contribution in [0.2, 0.25) is 0 Å². The fraction of sp³-hybridized carbons (Fsp3) is 0.389. The van der Waals surface area contributed by atoms with Crippen molar-refractivity contribution in [3.63, 3.8) is 0 Å². The van der Waals surface area contributed by atoms with Crippen molar-refractivity contribution in [2.75, 3.05) is 32.8 Å². The molecular weight excluding hydrogens is 388 g/mol. The molecule has 6 heteroatoms. The minimum atomic E-state index is -0.0305. The fourth-order valence-corrected chi connectivity index (χ4v) is 4.03. The molecule has 128 valence electrons. The molecule has 0 saturated carbocycles. The number of hydrogen-bond acceptors (Lipinski definition) is 4. The molecule has 4 nitrogen and oxygen atoms in total. The predicted molar refractivity (Wildman–Crippen MR) is 101 cm³/mol. The summed E-state index contributed by atoms with van der Waals surface area (Å²) < 4.78 is 6.39. The monoisotopic (exact) mass is 408 g/mol. The maximum absolute atomic E-state index is 12.6. The lowest BCUT2D eigenvalue weighted by molar-refractivity contribution is 0.0332. The highest BCUT2D eigenvalue weighted by molar-refractivity contribution is 9.11. The van der Waals surface area contributed by atoms with Gasteiger partial charge in [0.1, 0.15) is 0 Å². The molecule has 1 saturated heterocycles. The van der Waals surface area contributed by atoms with E-state index in [1.165, 1.54) is 16.9 Å². The average Bonchev–Trinajstić information content (AvgIpc) is 3.02. The Balaban J connectivity index is 1.75. The number of halogens is 1. The first-order valence-electron chi connectivity index (χ1n) is 8.05. The predicted octanol–water partition coefficient (Wildman–Crippen LogP) is 3.62. The smallest absolute Gasteiger partial charge is 0.261 e. The Morgan fingerprint density at radius 3 is 2.58 bits per heavy atom. The molecule has 0 aliphatic carbocycles. The van der Waals surface area contributed by atoms with Crippen LogP contribution in [0.25, 0.3) is 0 Å². The highest BCUT2D eigenvalue weighted by Gasteiger charge is 2.21. The van der Waals surface area contributed by atoms with E-state index in [2.05, 4.69) is 57.3 Å². The Morgan fingerprint density at radius 2 is 1.96 bits per heavy atom. The highest BCUT2D eigenvalue weighted by atomic mass is 79.9. The summed E-state index contributed by atoms with van der Waals surface area (Å²) in [7, 11) is 0. The zero-order valence-corrected chi connectivity index (χ0v) is 16.0. The van der Waals surface area contributed by atoms with E-state index in [1.54, 1.807) is 0 Å². The molecule has 0 bridgehead atoms. The van der Waals surface area contributed by atoms with Crippen molar-refractivity contribution in [1.29, 1.82) is 0 Å². The van der Waals surface area contributed by atoms with Crippen LogP contribution in [0, 0.1) is 6.92 Å². The van der Waals surface area contributed by atoms with Crippen LogP contribution in [0.15, 0.2) is 40.2 Å². The molecule has 1 N–H and O–H groups in total. The molecule has 1 aromatic carbocycles. The summed E-state index contributed by atoms with van der Waals surface area (Å²) in [5.41, 5.74) is 2.36. The van der Waals surface area contributed by atoms with Gasteiger partial charge < -0.3 is 10.1 Å². The van der Waals surface area contributed by atoms with E-state index in [0.29, 0.717) is 0 Å². The molecule has 0 spiro atoms. The maximum Gasteiger partial charge on any atom is 0.261 e. The van der Waals surface area contributed by atoms with E-state index in [-0.39, 0.29) is 11.9 Å². The molecule has 24 heavy (non-hydrogen) atoms. The number of amides is 1. The minimum absolute atomic E-state index is 0.0236. The number of nitrogens with one attached hydrogen (secondary N) is 1. The summed E-state index contributed by atoms with van der Waals surface area (Å²) in [5, 5.41) is 3.20. The van der Waals surface area contributed by atoms with Crippen LogP contribution in [0.5, 0.6) is 0 Å². The lowest BCUT2D eigenvalue weighted by Crippen LogP contribution is -2.43. The van der Waals surface area contributed by atoms with Crippen LogP contribution >= 0.6 is 27.3 Å². The maximum atomic E-state index is 12.6. The topological polar surface area (TPSA) is 41.6 Å².